The van der Waals surface area contributed by atoms with Crippen molar-refractivity contribution >= 4 is 16.0 Å². The Balaban J connectivity index is 1.42. The number of piperidine rings is 1. The minimum atomic E-state index is -5.23. The number of nitrogens with zero attached hydrogens (tertiary/aromatic N) is 3. The Morgan fingerprint density at radius 1 is 1.18 bits per heavy atom. The smallest absolute Gasteiger partial charge is 0.356 e. The molecular weight excluding hydrogens is 395 g/mol. The predicted molar refractivity (Wildman–Crippen MR) is 101 cm³/mol. The maximum Gasteiger partial charge on any atom is 0.511 e. The van der Waals surface area contributed by atoms with Crippen LogP contribution in [0.25, 0.3) is 0 Å². The fraction of sp³-hybridized carbons (Fsp3) is 0.941. The molecule has 3 aliphatic rings. The van der Waals surface area contributed by atoms with Crippen molar-refractivity contribution in [1.82, 2.24) is 19.8 Å². The highest BCUT2D eigenvalue weighted by atomic mass is 32.2. The first-order valence-electron chi connectivity index (χ1n) is 9.91. The quantitative estimate of drug-likeness (QED) is 0.514. The molecule has 7 nitrogen and oxygen atoms in total. The third-order valence-corrected chi connectivity index (χ3v) is 7.60. The maximum absolute atomic E-state index is 12.6. The standard InChI is InChI=1S/C17H30F3N5O2S/c1-12-9-14(11-25(12)15-3-4-15)23-16(21-2)22-10-13-5-7-24(8-6-13)28(26,27)17(18,19)20/h12-15H,3-11H2,1-2H3,(H2,21,22,23). The van der Waals surface area contributed by atoms with Crippen molar-refractivity contribution in [1.29, 1.82) is 0 Å². The van der Waals surface area contributed by atoms with Crippen LogP contribution in [0, 0.1) is 5.92 Å². The molecule has 28 heavy (non-hydrogen) atoms. The van der Waals surface area contributed by atoms with Gasteiger partial charge in [-0.3, -0.25) is 9.89 Å². The molecule has 0 aromatic heterocycles. The number of alkyl halides is 3. The van der Waals surface area contributed by atoms with Gasteiger partial charge in [0.1, 0.15) is 0 Å². The van der Waals surface area contributed by atoms with Gasteiger partial charge in [-0.25, -0.2) is 8.42 Å². The van der Waals surface area contributed by atoms with Crippen LogP contribution in [0.2, 0.25) is 0 Å². The highest BCUT2D eigenvalue weighted by Gasteiger charge is 2.50. The second-order valence-electron chi connectivity index (χ2n) is 8.10. The molecule has 2 aliphatic heterocycles. The summed E-state index contributed by atoms with van der Waals surface area (Å²) in [7, 11) is -3.52. The van der Waals surface area contributed by atoms with E-state index in [0.717, 1.165) is 19.0 Å². The van der Waals surface area contributed by atoms with Crippen molar-refractivity contribution in [2.45, 2.75) is 62.7 Å². The zero-order valence-electron chi connectivity index (χ0n) is 16.4. The van der Waals surface area contributed by atoms with Crippen molar-refractivity contribution in [2.75, 3.05) is 33.2 Å². The summed E-state index contributed by atoms with van der Waals surface area (Å²) in [6, 6.07) is 1.62. The molecule has 0 amide bonds. The fourth-order valence-corrected chi connectivity index (χ4v) is 5.19. The van der Waals surface area contributed by atoms with Crippen LogP contribution in [0.5, 0.6) is 0 Å². The molecule has 11 heteroatoms. The minimum absolute atomic E-state index is 0.100. The topological polar surface area (TPSA) is 77.0 Å². The summed E-state index contributed by atoms with van der Waals surface area (Å²) in [5, 5.41) is 6.70. The molecule has 2 unspecified atom stereocenters. The van der Waals surface area contributed by atoms with Crippen LogP contribution in [0.1, 0.15) is 39.0 Å². The number of sulfonamides is 1. The molecule has 0 bridgehead atoms. The fourth-order valence-electron chi connectivity index (χ4n) is 4.20. The van der Waals surface area contributed by atoms with Gasteiger partial charge in [0.05, 0.1) is 0 Å². The van der Waals surface area contributed by atoms with Gasteiger partial charge in [0.25, 0.3) is 0 Å². The minimum Gasteiger partial charge on any atom is -0.356 e. The van der Waals surface area contributed by atoms with Gasteiger partial charge in [-0.1, -0.05) is 0 Å². The Hall–Kier alpha value is -1.07. The van der Waals surface area contributed by atoms with Gasteiger partial charge < -0.3 is 10.6 Å². The Morgan fingerprint density at radius 3 is 2.36 bits per heavy atom. The molecule has 2 N–H and O–H groups in total. The summed E-state index contributed by atoms with van der Waals surface area (Å²) in [5.74, 6) is 0.809. The summed E-state index contributed by atoms with van der Waals surface area (Å²) in [4.78, 5) is 6.80. The molecule has 3 fully saturated rings. The molecule has 0 aromatic carbocycles. The number of aliphatic imine (C=N–C) groups is 1. The van der Waals surface area contributed by atoms with Crippen LogP contribution >= 0.6 is 0 Å². The van der Waals surface area contributed by atoms with Crippen LogP contribution in [0.4, 0.5) is 13.2 Å². The molecule has 162 valence electrons. The second-order valence-corrected chi connectivity index (χ2v) is 10.0. The Kier molecular flexibility index (Phi) is 6.45. The Bertz CT molecular complexity index is 673. The summed E-state index contributed by atoms with van der Waals surface area (Å²) in [6.45, 7) is 3.61. The highest BCUT2D eigenvalue weighted by molar-refractivity contribution is 7.90. The van der Waals surface area contributed by atoms with Gasteiger partial charge in [0.2, 0.25) is 0 Å². The number of guanidine groups is 1. The van der Waals surface area contributed by atoms with Crippen molar-refractivity contribution in [3.8, 4) is 0 Å². The average Bonchev–Trinajstić information content (AvgIpc) is 3.41. The van der Waals surface area contributed by atoms with Gasteiger partial charge in [-0.2, -0.15) is 17.5 Å². The zero-order chi connectivity index (χ0) is 20.5. The predicted octanol–water partition coefficient (Wildman–Crippen LogP) is 1.34. The van der Waals surface area contributed by atoms with E-state index in [1.165, 1.54) is 12.8 Å². The summed E-state index contributed by atoms with van der Waals surface area (Å²) >= 11 is 0. The average molecular weight is 426 g/mol. The highest BCUT2D eigenvalue weighted by Crippen LogP contribution is 2.33. The Labute approximate surface area is 164 Å². The SMILES string of the molecule is CN=C(NCC1CCN(S(=O)(=O)C(F)(F)F)CC1)NC1CC(C)N(C2CC2)C1. The lowest BCUT2D eigenvalue weighted by molar-refractivity contribution is -0.0496. The van der Waals surface area contributed by atoms with Gasteiger partial charge in [-0.15, -0.1) is 0 Å². The van der Waals surface area contributed by atoms with Crippen LogP contribution in [-0.2, 0) is 10.0 Å². The maximum atomic E-state index is 12.6. The van der Waals surface area contributed by atoms with E-state index in [-0.39, 0.29) is 19.0 Å². The monoisotopic (exact) mass is 425 g/mol. The lowest BCUT2D eigenvalue weighted by Crippen LogP contribution is -2.48. The van der Waals surface area contributed by atoms with E-state index in [4.69, 9.17) is 0 Å². The normalized spacial score (nSPS) is 29.2. The number of hydrogen-bond acceptors (Lipinski definition) is 4. The van der Waals surface area contributed by atoms with Crippen LogP contribution in [0.3, 0.4) is 0 Å². The van der Waals surface area contributed by atoms with Gasteiger partial charge in [-0.05, 0) is 44.9 Å². The number of nitrogens with one attached hydrogen (secondary N) is 2. The van der Waals surface area contributed by atoms with E-state index in [1.807, 2.05) is 0 Å². The molecule has 1 aliphatic carbocycles. The lowest BCUT2D eigenvalue weighted by atomic mass is 9.98. The molecule has 0 spiro atoms. The van der Waals surface area contributed by atoms with Crippen LogP contribution < -0.4 is 10.6 Å². The third-order valence-electron chi connectivity index (χ3n) is 5.97. The molecule has 3 rings (SSSR count). The molecule has 0 radical (unpaired) electrons. The van der Waals surface area contributed by atoms with E-state index in [0.29, 0.717) is 41.7 Å². The molecule has 0 aromatic rings. The van der Waals surface area contributed by atoms with Crippen molar-refractivity contribution in [3.05, 3.63) is 0 Å². The van der Waals surface area contributed by atoms with Crippen LogP contribution in [-0.4, -0.2) is 80.4 Å². The van der Waals surface area contributed by atoms with Crippen molar-refractivity contribution in [2.24, 2.45) is 10.9 Å². The van der Waals surface area contributed by atoms with Crippen molar-refractivity contribution in [3.63, 3.8) is 0 Å². The lowest BCUT2D eigenvalue weighted by Gasteiger charge is -2.32. The molecular formula is C17H30F3N5O2S. The zero-order valence-corrected chi connectivity index (χ0v) is 17.2. The first-order chi connectivity index (χ1) is 13.1. The first-order valence-corrected chi connectivity index (χ1v) is 11.3. The number of hydrogen-bond donors (Lipinski definition) is 2. The van der Waals surface area contributed by atoms with Gasteiger partial charge in [0.15, 0.2) is 5.96 Å². The third kappa shape index (κ3) is 4.91. The van der Waals surface area contributed by atoms with Crippen molar-refractivity contribution < 1.29 is 21.6 Å². The molecule has 2 heterocycles. The molecule has 2 atom stereocenters. The summed E-state index contributed by atoms with van der Waals surface area (Å²) in [5.41, 5.74) is -5.23. The van der Waals surface area contributed by atoms with E-state index in [1.54, 1.807) is 7.05 Å². The Morgan fingerprint density at radius 2 is 1.82 bits per heavy atom. The number of likely N-dealkylation sites (tertiary alicyclic amines) is 1. The van der Waals surface area contributed by atoms with Crippen LogP contribution in [0.15, 0.2) is 4.99 Å². The van der Waals surface area contributed by atoms with E-state index in [9.17, 15) is 21.6 Å². The number of halogens is 3. The van der Waals surface area contributed by atoms with E-state index in [2.05, 4.69) is 27.4 Å². The van der Waals surface area contributed by atoms with Gasteiger partial charge >= 0.3 is 15.5 Å². The molecule has 2 saturated heterocycles. The first kappa shape index (κ1) is 21.6. The number of rotatable bonds is 5. The van der Waals surface area contributed by atoms with E-state index >= 15 is 0 Å². The summed E-state index contributed by atoms with van der Waals surface area (Å²) in [6.07, 6.45) is 4.43. The van der Waals surface area contributed by atoms with E-state index < -0.39 is 15.5 Å². The summed E-state index contributed by atoms with van der Waals surface area (Å²) < 4.78 is 61.4. The second kappa shape index (κ2) is 8.35. The molecule has 1 saturated carbocycles. The van der Waals surface area contributed by atoms with Gasteiger partial charge in [0, 0.05) is 51.4 Å². The largest absolute Gasteiger partial charge is 0.511 e.